The molecular formula is C16H27N3O6. The van der Waals surface area contributed by atoms with Gasteiger partial charge in [-0.1, -0.05) is 6.42 Å². The summed E-state index contributed by atoms with van der Waals surface area (Å²) in [6.45, 7) is 2.97. The van der Waals surface area contributed by atoms with Crippen LogP contribution in [0.4, 0.5) is 0 Å². The molecule has 9 heteroatoms. The maximum absolute atomic E-state index is 12.0. The minimum atomic E-state index is -1.10. The first-order chi connectivity index (χ1) is 11.6. The average molecular weight is 357 g/mol. The smallest absolute Gasteiger partial charge is 0.303 e. The fraction of sp³-hybridized carbons (Fsp3) is 0.688. The Balaban J connectivity index is 4.20. The van der Waals surface area contributed by atoms with E-state index in [-0.39, 0.29) is 31.0 Å². The molecule has 25 heavy (non-hydrogen) atoms. The topological polar surface area (TPSA) is 156 Å². The summed E-state index contributed by atoms with van der Waals surface area (Å²) < 4.78 is 0. The van der Waals surface area contributed by atoms with E-state index in [2.05, 4.69) is 10.6 Å². The zero-order valence-electron chi connectivity index (χ0n) is 14.7. The summed E-state index contributed by atoms with van der Waals surface area (Å²) in [4.78, 5) is 56.3. The molecule has 0 heterocycles. The molecule has 0 rings (SSSR count). The van der Waals surface area contributed by atoms with Crippen LogP contribution in [0.25, 0.3) is 0 Å². The molecule has 5 N–H and O–H groups in total. The summed E-state index contributed by atoms with van der Waals surface area (Å²) in [6, 6.07) is -1.98. The third-order valence-corrected chi connectivity index (χ3v) is 3.51. The largest absolute Gasteiger partial charge is 0.481 e. The number of rotatable bonds is 13. The lowest BCUT2D eigenvalue weighted by atomic mass is 10.1. The first-order valence-corrected chi connectivity index (χ1v) is 8.23. The van der Waals surface area contributed by atoms with E-state index in [9.17, 15) is 24.0 Å². The Kier molecular flexibility index (Phi) is 10.8. The van der Waals surface area contributed by atoms with Crippen LogP contribution in [-0.4, -0.2) is 46.7 Å². The van der Waals surface area contributed by atoms with Gasteiger partial charge in [-0.15, -0.1) is 0 Å². The Morgan fingerprint density at radius 1 is 0.960 bits per heavy atom. The predicted octanol–water partition coefficient (Wildman–Crippen LogP) is -0.134. The Morgan fingerprint density at radius 2 is 1.56 bits per heavy atom. The second-order valence-corrected chi connectivity index (χ2v) is 5.95. The van der Waals surface area contributed by atoms with Gasteiger partial charge in [-0.2, -0.15) is 0 Å². The van der Waals surface area contributed by atoms with Crippen molar-refractivity contribution in [3.05, 3.63) is 0 Å². The zero-order valence-corrected chi connectivity index (χ0v) is 14.7. The van der Waals surface area contributed by atoms with Crippen molar-refractivity contribution in [1.82, 2.24) is 10.6 Å². The Bertz CT molecular complexity index is 506. The highest BCUT2D eigenvalue weighted by Crippen LogP contribution is 2.04. The average Bonchev–Trinajstić information content (AvgIpc) is 2.49. The molecule has 0 aromatic rings. The highest BCUT2D eigenvalue weighted by atomic mass is 16.4. The molecule has 142 valence electrons. The van der Waals surface area contributed by atoms with Crippen molar-refractivity contribution in [2.75, 3.05) is 0 Å². The van der Waals surface area contributed by atoms with Crippen molar-refractivity contribution in [2.24, 2.45) is 5.73 Å². The number of carboxylic acids is 1. The van der Waals surface area contributed by atoms with E-state index in [0.29, 0.717) is 12.8 Å². The van der Waals surface area contributed by atoms with Gasteiger partial charge in [-0.3, -0.25) is 19.2 Å². The van der Waals surface area contributed by atoms with E-state index >= 15 is 0 Å². The van der Waals surface area contributed by atoms with E-state index in [1.165, 1.54) is 13.8 Å². The summed E-state index contributed by atoms with van der Waals surface area (Å²) in [5.74, 6) is -2.75. The molecule has 0 aromatic heterocycles. The highest BCUT2D eigenvalue weighted by Gasteiger charge is 2.23. The molecule has 0 aromatic carbocycles. The van der Waals surface area contributed by atoms with Crippen LogP contribution in [0.5, 0.6) is 0 Å². The maximum atomic E-state index is 12.0. The van der Waals surface area contributed by atoms with E-state index in [0.717, 1.165) is 12.8 Å². The second kappa shape index (κ2) is 12.0. The molecular weight excluding hydrogens is 330 g/mol. The lowest BCUT2D eigenvalue weighted by molar-refractivity contribution is -0.137. The van der Waals surface area contributed by atoms with Crippen molar-refractivity contribution in [2.45, 2.75) is 70.9 Å². The predicted molar refractivity (Wildman–Crippen MR) is 89.4 cm³/mol. The monoisotopic (exact) mass is 357 g/mol. The first-order valence-electron chi connectivity index (χ1n) is 8.23. The van der Waals surface area contributed by atoms with Gasteiger partial charge in [0.05, 0.1) is 0 Å². The third kappa shape index (κ3) is 11.7. The summed E-state index contributed by atoms with van der Waals surface area (Å²) >= 11 is 0. The van der Waals surface area contributed by atoms with Gasteiger partial charge in [-0.25, -0.2) is 0 Å². The first kappa shape index (κ1) is 22.6. The number of amides is 3. The minimum Gasteiger partial charge on any atom is -0.481 e. The molecule has 0 spiro atoms. The van der Waals surface area contributed by atoms with Crippen molar-refractivity contribution < 1.29 is 29.1 Å². The van der Waals surface area contributed by atoms with Gasteiger partial charge >= 0.3 is 5.97 Å². The van der Waals surface area contributed by atoms with Crippen LogP contribution in [0.1, 0.15) is 58.8 Å². The Labute approximate surface area is 146 Å². The van der Waals surface area contributed by atoms with E-state index in [4.69, 9.17) is 10.8 Å². The van der Waals surface area contributed by atoms with Gasteiger partial charge in [0.25, 0.3) is 0 Å². The molecule has 2 unspecified atom stereocenters. The summed E-state index contributed by atoms with van der Waals surface area (Å²) in [5, 5.41) is 13.5. The standard InChI is InChI=1S/C16H27N3O6/c1-10(20)6-4-3-5-7-13(21)18-11(2)16(25)19-12(15(17)24)8-9-14(22)23/h11-12H,3-9H2,1-2H3,(H2,17,24)(H,18,21)(H,19,25)(H,22,23). The fourth-order valence-electron chi connectivity index (χ4n) is 2.07. The van der Waals surface area contributed by atoms with E-state index < -0.39 is 29.9 Å². The molecule has 0 aliphatic rings. The molecule has 0 bridgehead atoms. The van der Waals surface area contributed by atoms with Crippen LogP contribution in [0.15, 0.2) is 0 Å². The number of carbonyl (C=O) groups is 5. The van der Waals surface area contributed by atoms with Crippen LogP contribution in [-0.2, 0) is 24.0 Å². The number of hydrogen-bond acceptors (Lipinski definition) is 5. The number of aliphatic carboxylic acids is 1. The summed E-state index contributed by atoms with van der Waals surface area (Å²) in [7, 11) is 0. The molecule has 2 atom stereocenters. The van der Waals surface area contributed by atoms with Crippen LogP contribution in [0.2, 0.25) is 0 Å². The number of nitrogens with two attached hydrogens (primary N) is 1. The number of ketones is 1. The number of unbranched alkanes of at least 4 members (excludes halogenated alkanes) is 2. The highest BCUT2D eigenvalue weighted by molar-refractivity contribution is 5.91. The summed E-state index contributed by atoms with van der Waals surface area (Å²) in [5.41, 5.74) is 5.13. The van der Waals surface area contributed by atoms with Crippen molar-refractivity contribution in [3.63, 3.8) is 0 Å². The quantitative estimate of drug-likeness (QED) is 0.336. The SMILES string of the molecule is CC(=O)CCCCCC(=O)NC(C)C(=O)NC(CCC(=O)O)C(N)=O. The minimum absolute atomic E-state index is 0.113. The fourth-order valence-corrected chi connectivity index (χ4v) is 2.07. The molecule has 0 saturated carbocycles. The molecule has 0 aliphatic heterocycles. The molecule has 3 amide bonds. The van der Waals surface area contributed by atoms with Gasteiger partial charge in [0.15, 0.2) is 0 Å². The normalized spacial score (nSPS) is 12.7. The Hall–Kier alpha value is -2.45. The molecule has 0 aliphatic carbocycles. The number of hydrogen-bond donors (Lipinski definition) is 4. The zero-order chi connectivity index (χ0) is 19.4. The van der Waals surface area contributed by atoms with Crippen LogP contribution in [0.3, 0.4) is 0 Å². The van der Waals surface area contributed by atoms with Crippen molar-refractivity contribution in [3.8, 4) is 0 Å². The lowest BCUT2D eigenvalue weighted by Gasteiger charge is -2.19. The number of nitrogens with one attached hydrogen (secondary N) is 2. The number of carboxylic acid groups (broad SMARTS) is 1. The summed E-state index contributed by atoms with van der Waals surface area (Å²) in [6.07, 6.45) is 2.37. The van der Waals surface area contributed by atoms with E-state index in [1.807, 2.05) is 0 Å². The Morgan fingerprint density at radius 3 is 2.08 bits per heavy atom. The van der Waals surface area contributed by atoms with Crippen LogP contribution >= 0.6 is 0 Å². The third-order valence-electron chi connectivity index (χ3n) is 3.51. The molecule has 9 nitrogen and oxygen atoms in total. The second-order valence-electron chi connectivity index (χ2n) is 5.95. The van der Waals surface area contributed by atoms with Crippen LogP contribution < -0.4 is 16.4 Å². The molecule has 0 fully saturated rings. The molecule has 0 radical (unpaired) electrons. The van der Waals surface area contributed by atoms with Gasteiger partial charge < -0.3 is 26.3 Å². The molecule has 0 saturated heterocycles. The number of primary amides is 1. The van der Waals surface area contributed by atoms with E-state index in [1.54, 1.807) is 0 Å². The van der Waals surface area contributed by atoms with Gasteiger partial charge in [-0.05, 0) is 33.1 Å². The van der Waals surface area contributed by atoms with Gasteiger partial charge in [0.2, 0.25) is 17.7 Å². The van der Waals surface area contributed by atoms with Crippen molar-refractivity contribution >= 4 is 29.5 Å². The number of Topliss-reactive ketones (excluding diaryl/α,β-unsaturated/α-hetero) is 1. The van der Waals surface area contributed by atoms with Crippen molar-refractivity contribution in [1.29, 1.82) is 0 Å². The number of carbonyl (C=O) groups excluding carboxylic acids is 4. The maximum Gasteiger partial charge on any atom is 0.303 e. The van der Waals surface area contributed by atoms with Crippen LogP contribution in [0, 0.1) is 0 Å². The lowest BCUT2D eigenvalue weighted by Crippen LogP contribution is -2.51. The van der Waals surface area contributed by atoms with Gasteiger partial charge in [0, 0.05) is 19.3 Å². The van der Waals surface area contributed by atoms with Gasteiger partial charge in [0.1, 0.15) is 17.9 Å².